The van der Waals surface area contributed by atoms with Crippen LogP contribution in [0.2, 0.25) is 0 Å². The number of nitrogens with one attached hydrogen (secondary N) is 3. The summed E-state index contributed by atoms with van der Waals surface area (Å²) in [5.41, 5.74) is 6.93. The second-order valence-corrected chi connectivity index (χ2v) is 11.2. The maximum Gasteiger partial charge on any atom is 0.243 e. The van der Waals surface area contributed by atoms with E-state index in [0.717, 1.165) is 18.4 Å². The van der Waals surface area contributed by atoms with Crippen LogP contribution in [0.4, 0.5) is 0 Å². The molecule has 1 saturated heterocycles. The zero-order valence-corrected chi connectivity index (χ0v) is 21.6. The number of amides is 2. The molecule has 2 amide bonds. The fraction of sp³-hybridized carbons (Fsp3) is 0.423. The van der Waals surface area contributed by atoms with Gasteiger partial charge in [0.1, 0.15) is 17.9 Å². The van der Waals surface area contributed by atoms with Crippen LogP contribution < -0.4 is 15.8 Å². The Bertz CT molecular complexity index is 1170. The molecule has 3 rings (SSSR count). The predicted molar refractivity (Wildman–Crippen MR) is 139 cm³/mol. The van der Waals surface area contributed by atoms with Gasteiger partial charge < -0.3 is 16.0 Å². The molecule has 0 saturated carbocycles. The number of carbonyl (C=O) groups excluding carboxylic acids is 2. The lowest BCUT2D eigenvalue weighted by Gasteiger charge is -2.37. The van der Waals surface area contributed by atoms with Gasteiger partial charge in [-0.3, -0.25) is 15.0 Å². The van der Waals surface area contributed by atoms with Crippen molar-refractivity contribution in [2.75, 3.05) is 6.54 Å². The minimum absolute atomic E-state index is 0.0271. The number of likely N-dealkylation sites (tertiary alicyclic amines) is 1. The van der Waals surface area contributed by atoms with E-state index in [1.807, 2.05) is 13.8 Å². The molecule has 0 aliphatic carbocycles. The van der Waals surface area contributed by atoms with E-state index in [0.29, 0.717) is 24.9 Å². The highest BCUT2D eigenvalue weighted by Gasteiger charge is 2.37. The Morgan fingerprint density at radius 3 is 2.36 bits per heavy atom. The fourth-order valence-electron chi connectivity index (χ4n) is 4.30. The first-order valence-electron chi connectivity index (χ1n) is 12.2. The van der Waals surface area contributed by atoms with E-state index >= 15 is 0 Å². The molecule has 0 spiro atoms. The van der Waals surface area contributed by atoms with Crippen molar-refractivity contribution in [3.8, 4) is 0 Å². The second-order valence-electron chi connectivity index (χ2n) is 9.49. The second kappa shape index (κ2) is 12.1. The van der Waals surface area contributed by atoms with Crippen LogP contribution in [0.1, 0.15) is 50.7 Å². The van der Waals surface area contributed by atoms with Gasteiger partial charge in [0.05, 0.1) is 4.90 Å². The zero-order chi connectivity index (χ0) is 26.3. The molecule has 0 radical (unpaired) electrons. The van der Waals surface area contributed by atoms with Crippen LogP contribution in [0.5, 0.6) is 0 Å². The fourth-order valence-corrected chi connectivity index (χ4v) is 5.53. The molecule has 2 aromatic carbocycles. The third kappa shape index (κ3) is 7.14. The minimum atomic E-state index is -3.90. The van der Waals surface area contributed by atoms with Gasteiger partial charge in [-0.05, 0) is 49.3 Å². The number of nitrogens with zero attached hydrogens (tertiary/aromatic N) is 1. The molecule has 9 nitrogen and oxygen atoms in total. The minimum Gasteiger partial charge on any atom is -0.384 e. The van der Waals surface area contributed by atoms with E-state index in [-0.39, 0.29) is 35.0 Å². The number of hydrogen-bond acceptors (Lipinski definition) is 5. The van der Waals surface area contributed by atoms with Crippen LogP contribution in [0, 0.1) is 11.3 Å². The molecular formula is C26H35N5O4S. The summed E-state index contributed by atoms with van der Waals surface area (Å²) in [7, 11) is -3.90. The van der Waals surface area contributed by atoms with E-state index in [9.17, 15) is 18.0 Å². The summed E-state index contributed by atoms with van der Waals surface area (Å²) < 4.78 is 28.5. The van der Waals surface area contributed by atoms with Crippen LogP contribution in [0.15, 0.2) is 59.5 Å². The van der Waals surface area contributed by atoms with Crippen LogP contribution in [-0.4, -0.2) is 49.6 Å². The highest BCUT2D eigenvalue weighted by molar-refractivity contribution is 7.89. The topological polar surface area (TPSA) is 145 Å². The lowest BCUT2D eigenvalue weighted by molar-refractivity contribution is -0.143. The molecular weight excluding hydrogens is 478 g/mol. The van der Waals surface area contributed by atoms with Crippen molar-refractivity contribution >= 4 is 27.7 Å². The molecule has 36 heavy (non-hydrogen) atoms. The van der Waals surface area contributed by atoms with Gasteiger partial charge >= 0.3 is 0 Å². The first-order valence-corrected chi connectivity index (χ1v) is 13.7. The number of rotatable bonds is 10. The molecule has 2 aromatic rings. The van der Waals surface area contributed by atoms with Gasteiger partial charge in [0.15, 0.2) is 0 Å². The van der Waals surface area contributed by atoms with E-state index < -0.39 is 22.1 Å². The van der Waals surface area contributed by atoms with Crippen molar-refractivity contribution < 1.29 is 18.0 Å². The van der Waals surface area contributed by atoms with Crippen molar-refractivity contribution in [3.63, 3.8) is 0 Å². The smallest absolute Gasteiger partial charge is 0.243 e. The molecule has 1 aliphatic rings. The van der Waals surface area contributed by atoms with Crippen LogP contribution in [0.3, 0.4) is 0 Å². The maximum absolute atomic E-state index is 13.6. The molecule has 0 aromatic heterocycles. The van der Waals surface area contributed by atoms with Crippen LogP contribution in [0.25, 0.3) is 0 Å². The highest BCUT2D eigenvalue weighted by atomic mass is 32.2. The Balaban J connectivity index is 1.73. The first kappa shape index (κ1) is 27.3. The van der Waals surface area contributed by atoms with Gasteiger partial charge in [0, 0.05) is 18.7 Å². The summed E-state index contributed by atoms with van der Waals surface area (Å²) in [6.07, 6.45) is 2.39. The summed E-state index contributed by atoms with van der Waals surface area (Å²) in [4.78, 5) is 28.4. The summed E-state index contributed by atoms with van der Waals surface area (Å²) in [5, 5.41) is 10.4. The van der Waals surface area contributed by atoms with Gasteiger partial charge in [-0.15, -0.1) is 0 Å². The quantitative estimate of drug-likeness (QED) is 0.285. The Kier molecular flexibility index (Phi) is 9.22. The molecule has 0 bridgehead atoms. The Morgan fingerprint density at radius 1 is 1.08 bits per heavy atom. The molecule has 1 aliphatic heterocycles. The number of benzene rings is 2. The van der Waals surface area contributed by atoms with Gasteiger partial charge in [0.2, 0.25) is 21.8 Å². The monoisotopic (exact) mass is 513 g/mol. The average molecular weight is 514 g/mol. The Labute approximate surface area is 213 Å². The number of amidine groups is 1. The van der Waals surface area contributed by atoms with Crippen molar-refractivity contribution in [2.45, 2.75) is 63.1 Å². The maximum atomic E-state index is 13.6. The Morgan fingerprint density at radius 2 is 1.75 bits per heavy atom. The third-order valence-electron chi connectivity index (χ3n) is 6.18. The van der Waals surface area contributed by atoms with E-state index in [4.69, 9.17) is 11.1 Å². The summed E-state index contributed by atoms with van der Waals surface area (Å²) in [6.45, 7) is 4.52. The number of carbonyl (C=O) groups is 2. The summed E-state index contributed by atoms with van der Waals surface area (Å²) in [6, 6.07) is 13.3. The number of hydrogen-bond donors (Lipinski definition) is 4. The molecule has 1 fully saturated rings. The normalized spacial score (nSPS) is 17.0. The highest BCUT2D eigenvalue weighted by Crippen LogP contribution is 2.21. The number of sulfonamides is 1. The average Bonchev–Trinajstić information content (AvgIpc) is 2.86. The van der Waals surface area contributed by atoms with Gasteiger partial charge in [-0.1, -0.05) is 56.3 Å². The van der Waals surface area contributed by atoms with E-state index in [2.05, 4.69) is 10.0 Å². The van der Waals surface area contributed by atoms with Crippen molar-refractivity contribution in [2.24, 2.45) is 11.7 Å². The number of piperidine rings is 1. The van der Waals surface area contributed by atoms with Crippen molar-refractivity contribution in [3.05, 3.63) is 65.7 Å². The number of nitrogens with two attached hydrogens (primary N) is 1. The Hall–Kier alpha value is -3.24. The third-order valence-corrected chi connectivity index (χ3v) is 7.66. The van der Waals surface area contributed by atoms with Crippen LogP contribution in [-0.2, 0) is 26.2 Å². The first-order chi connectivity index (χ1) is 17.1. The summed E-state index contributed by atoms with van der Waals surface area (Å²) >= 11 is 0. The SMILES string of the molecule is CC(C)C[C@@H](NS(=O)(=O)c1ccccc1)C(=O)N1CCCC[C@H]1C(=O)NCc1ccc(C(=N)N)cc1. The van der Waals surface area contributed by atoms with E-state index in [1.54, 1.807) is 42.5 Å². The van der Waals surface area contributed by atoms with Crippen molar-refractivity contribution in [1.29, 1.82) is 5.41 Å². The molecule has 0 unspecified atom stereocenters. The molecule has 194 valence electrons. The molecule has 2 atom stereocenters. The van der Waals surface area contributed by atoms with E-state index in [1.165, 1.54) is 17.0 Å². The largest absolute Gasteiger partial charge is 0.384 e. The predicted octanol–water partition coefficient (Wildman–Crippen LogP) is 2.36. The van der Waals surface area contributed by atoms with Crippen LogP contribution >= 0.6 is 0 Å². The van der Waals surface area contributed by atoms with Gasteiger partial charge in [0.25, 0.3) is 0 Å². The number of nitrogen functional groups attached to an aromatic ring is 1. The lowest BCUT2D eigenvalue weighted by atomic mass is 9.97. The van der Waals surface area contributed by atoms with Gasteiger partial charge in [-0.25, -0.2) is 8.42 Å². The lowest BCUT2D eigenvalue weighted by Crippen LogP contribution is -2.57. The summed E-state index contributed by atoms with van der Waals surface area (Å²) in [5.74, 6) is -0.616. The standard InChI is InChI=1S/C26H35N5O4S/c1-18(2)16-22(30-36(34,35)21-8-4-3-5-9-21)26(33)31-15-7-6-10-23(31)25(32)29-17-19-11-13-20(14-12-19)24(27)28/h3-5,8-9,11-14,18,22-23,30H,6-7,10,15-17H2,1-2H3,(H3,27,28)(H,29,32)/t22-,23+/m1/s1. The zero-order valence-electron chi connectivity index (χ0n) is 20.7. The van der Waals surface area contributed by atoms with Gasteiger partial charge in [-0.2, -0.15) is 4.72 Å². The van der Waals surface area contributed by atoms with Crippen molar-refractivity contribution in [1.82, 2.24) is 14.9 Å². The molecule has 10 heteroatoms. The molecule has 1 heterocycles. The molecule has 5 N–H and O–H groups in total.